The highest BCUT2D eigenvalue weighted by atomic mass is 79.9. The lowest BCUT2D eigenvalue weighted by Crippen LogP contribution is -2.01. The third-order valence-corrected chi connectivity index (χ3v) is 3.60. The van der Waals surface area contributed by atoms with Gasteiger partial charge in [0, 0.05) is 4.47 Å². The number of nitrogens with zero attached hydrogens (tertiary/aromatic N) is 2. The highest BCUT2D eigenvalue weighted by Gasteiger charge is 2.11. The van der Waals surface area contributed by atoms with Gasteiger partial charge in [0.2, 0.25) is 5.95 Å². The first-order valence-corrected chi connectivity index (χ1v) is 6.62. The molecule has 2 aromatic carbocycles. The van der Waals surface area contributed by atoms with Gasteiger partial charge in [-0.25, -0.2) is 9.37 Å². The molecule has 0 aliphatic carbocycles. The molecule has 0 spiro atoms. The molecule has 0 unspecified atom stereocenters. The highest BCUT2D eigenvalue weighted by Crippen LogP contribution is 2.27. The zero-order valence-corrected chi connectivity index (χ0v) is 11.9. The second-order valence-corrected chi connectivity index (χ2v) is 5.36. The van der Waals surface area contributed by atoms with Crippen LogP contribution < -0.4 is 5.73 Å². The van der Waals surface area contributed by atoms with Crippen LogP contribution in [0.1, 0.15) is 0 Å². The maximum Gasteiger partial charge on any atom is 0.205 e. The number of fused-ring (bicyclic) bond motifs is 1. The van der Waals surface area contributed by atoms with Gasteiger partial charge < -0.3 is 5.73 Å². The molecule has 2 N–H and O–H groups in total. The van der Waals surface area contributed by atoms with Crippen molar-refractivity contribution in [3.05, 3.63) is 51.7 Å². The Morgan fingerprint density at radius 1 is 1.21 bits per heavy atom. The Hall–Kier alpha value is -1.59. The highest BCUT2D eigenvalue weighted by molar-refractivity contribution is 9.10. The molecule has 0 saturated carbocycles. The fraction of sp³-hybridized carbons (Fsp3) is 0. The summed E-state index contributed by atoms with van der Waals surface area (Å²) in [5.41, 5.74) is 8.04. The van der Waals surface area contributed by atoms with Gasteiger partial charge in [-0.15, -0.1) is 0 Å². The van der Waals surface area contributed by atoms with E-state index in [2.05, 4.69) is 20.9 Å². The molecule has 96 valence electrons. The molecule has 0 aliphatic heterocycles. The minimum atomic E-state index is -0.488. The first kappa shape index (κ1) is 12.4. The Balaban J connectivity index is 2.29. The van der Waals surface area contributed by atoms with Crippen LogP contribution in [0.15, 0.2) is 40.9 Å². The van der Waals surface area contributed by atoms with Gasteiger partial charge in [-0.2, -0.15) is 0 Å². The van der Waals surface area contributed by atoms with Gasteiger partial charge in [0.25, 0.3) is 0 Å². The van der Waals surface area contributed by atoms with Crippen molar-refractivity contribution in [2.75, 3.05) is 5.73 Å². The fourth-order valence-corrected chi connectivity index (χ4v) is 2.43. The first-order chi connectivity index (χ1) is 9.06. The number of rotatable bonds is 1. The molecular weight excluding hydrogens is 333 g/mol. The average Bonchev–Trinajstić information content (AvgIpc) is 2.68. The Kier molecular flexibility index (Phi) is 2.95. The van der Waals surface area contributed by atoms with Crippen molar-refractivity contribution in [1.82, 2.24) is 9.55 Å². The number of imidazole rings is 1. The maximum atomic E-state index is 13.6. The number of aromatic nitrogens is 2. The van der Waals surface area contributed by atoms with Gasteiger partial charge >= 0.3 is 0 Å². The molecule has 0 bridgehead atoms. The molecule has 3 aromatic rings. The van der Waals surface area contributed by atoms with Crippen LogP contribution in [0.25, 0.3) is 16.7 Å². The lowest BCUT2D eigenvalue weighted by atomic mass is 10.2. The number of benzene rings is 2. The predicted octanol–water partition coefficient (Wildman–Crippen LogP) is 4.16. The summed E-state index contributed by atoms with van der Waals surface area (Å²) in [6.45, 7) is 0. The van der Waals surface area contributed by atoms with Crippen molar-refractivity contribution < 1.29 is 4.39 Å². The van der Waals surface area contributed by atoms with E-state index in [1.165, 1.54) is 12.1 Å². The van der Waals surface area contributed by atoms with Crippen LogP contribution >= 0.6 is 27.5 Å². The molecule has 0 fully saturated rings. The molecule has 1 heterocycles. The third kappa shape index (κ3) is 2.09. The third-order valence-electron chi connectivity index (χ3n) is 2.80. The van der Waals surface area contributed by atoms with E-state index in [-0.39, 0.29) is 5.02 Å². The average molecular weight is 341 g/mol. The molecule has 3 nitrogen and oxygen atoms in total. The van der Waals surface area contributed by atoms with E-state index in [0.29, 0.717) is 11.6 Å². The minimum absolute atomic E-state index is 0.0782. The van der Waals surface area contributed by atoms with Gasteiger partial charge in [-0.05, 0) is 36.4 Å². The van der Waals surface area contributed by atoms with E-state index in [9.17, 15) is 4.39 Å². The van der Waals surface area contributed by atoms with E-state index < -0.39 is 5.82 Å². The summed E-state index contributed by atoms with van der Waals surface area (Å²) in [6.07, 6.45) is 0. The quantitative estimate of drug-likeness (QED) is 0.723. The number of hydrogen-bond acceptors (Lipinski definition) is 2. The molecule has 0 atom stereocenters. The van der Waals surface area contributed by atoms with Crippen LogP contribution in [0, 0.1) is 5.82 Å². The van der Waals surface area contributed by atoms with Crippen molar-refractivity contribution in [3.63, 3.8) is 0 Å². The SMILES string of the molecule is Nc1nc2cc(Br)ccc2n1-c1ccc(Cl)c(F)c1. The summed E-state index contributed by atoms with van der Waals surface area (Å²) in [4.78, 5) is 4.26. The zero-order valence-electron chi connectivity index (χ0n) is 9.57. The summed E-state index contributed by atoms with van der Waals surface area (Å²) >= 11 is 9.06. The standard InChI is InChI=1S/C13H8BrClFN3/c14-7-1-4-12-11(5-7)18-13(17)19(12)8-2-3-9(15)10(16)6-8/h1-6H,(H2,17,18). The summed E-state index contributed by atoms with van der Waals surface area (Å²) < 4.78 is 16.1. The van der Waals surface area contributed by atoms with Gasteiger partial charge in [-0.1, -0.05) is 27.5 Å². The number of nitrogen functional groups attached to an aromatic ring is 1. The van der Waals surface area contributed by atoms with Crippen LogP contribution in [-0.4, -0.2) is 9.55 Å². The van der Waals surface area contributed by atoms with Gasteiger partial charge in [0.15, 0.2) is 0 Å². The van der Waals surface area contributed by atoms with Crippen LogP contribution in [0.4, 0.5) is 10.3 Å². The van der Waals surface area contributed by atoms with Crippen molar-refractivity contribution in [2.45, 2.75) is 0 Å². The molecule has 6 heteroatoms. The zero-order chi connectivity index (χ0) is 13.6. The Labute approximate surface area is 121 Å². The number of hydrogen-bond donors (Lipinski definition) is 1. The monoisotopic (exact) mass is 339 g/mol. The molecule has 1 aromatic heterocycles. The number of nitrogens with two attached hydrogens (primary N) is 1. The Morgan fingerprint density at radius 2 is 2.00 bits per heavy atom. The summed E-state index contributed by atoms with van der Waals surface area (Å²) in [6, 6.07) is 10.1. The largest absolute Gasteiger partial charge is 0.369 e. The molecule has 0 radical (unpaired) electrons. The van der Waals surface area contributed by atoms with Crippen LogP contribution in [0.3, 0.4) is 0 Å². The van der Waals surface area contributed by atoms with Gasteiger partial charge in [0.05, 0.1) is 21.7 Å². The normalized spacial score (nSPS) is 11.1. The smallest absolute Gasteiger partial charge is 0.205 e. The van der Waals surface area contributed by atoms with Crippen molar-refractivity contribution in [1.29, 1.82) is 0 Å². The topological polar surface area (TPSA) is 43.8 Å². The van der Waals surface area contributed by atoms with E-state index in [1.807, 2.05) is 18.2 Å². The van der Waals surface area contributed by atoms with E-state index in [0.717, 1.165) is 15.5 Å². The summed E-state index contributed by atoms with van der Waals surface area (Å²) in [7, 11) is 0. The predicted molar refractivity (Wildman–Crippen MR) is 78.2 cm³/mol. The van der Waals surface area contributed by atoms with Gasteiger partial charge in [0.1, 0.15) is 5.82 Å². The Morgan fingerprint density at radius 3 is 2.74 bits per heavy atom. The lowest BCUT2D eigenvalue weighted by Gasteiger charge is -2.07. The van der Waals surface area contributed by atoms with Crippen LogP contribution in [-0.2, 0) is 0 Å². The number of anilines is 1. The molecular formula is C13H8BrClFN3. The second-order valence-electron chi connectivity index (χ2n) is 4.04. The van der Waals surface area contributed by atoms with Gasteiger partial charge in [-0.3, -0.25) is 4.57 Å². The molecule has 19 heavy (non-hydrogen) atoms. The lowest BCUT2D eigenvalue weighted by molar-refractivity contribution is 0.627. The molecule has 3 rings (SSSR count). The van der Waals surface area contributed by atoms with Crippen molar-refractivity contribution in [3.8, 4) is 5.69 Å². The van der Waals surface area contributed by atoms with E-state index in [1.54, 1.807) is 10.6 Å². The molecule has 0 saturated heterocycles. The fourth-order valence-electron chi connectivity index (χ4n) is 1.97. The number of halogens is 3. The van der Waals surface area contributed by atoms with Crippen LogP contribution in [0.2, 0.25) is 5.02 Å². The Bertz CT molecular complexity index is 785. The molecule has 0 aliphatic rings. The van der Waals surface area contributed by atoms with Crippen molar-refractivity contribution >= 4 is 44.5 Å². The summed E-state index contributed by atoms with van der Waals surface area (Å²) in [5.74, 6) is -0.188. The molecule has 0 amide bonds. The van der Waals surface area contributed by atoms with Crippen LogP contribution in [0.5, 0.6) is 0 Å². The van der Waals surface area contributed by atoms with E-state index >= 15 is 0 Å². The first-order valence-electron chi connectivity index (χ1n) is 5.45. The minimum Gasteiger partial charge on any atom is -0.369 e. The second kappa shape index (κ2) is 4.51. The summed E-state index contributed by atoms with van der Waals surface area (Å²) in [5, 5.41) is 0.0782. The van der Waals surface area contributed by atoms with E-state index in [4.69, 9.17) is 17.3 Å². The maximum absolute atomic E-state index is 13.6. The van der Waals surface area contributed by atoms with Crippen molar-refractivity contribution in [2.24, 2.45) is 0 Å².